The quantitative estimate of drug-likeness (QED) is 0.550. The lowest BCUT2D eigenvalue weighted by molar-refractivity contribution is -0.123. The number of nitrogens with one attached hydrogen (secondary N) is 2. The maximum absolute atomic E-state index is 10.8. The summed E-state index contributed by atoms with van der Waals surface area (Å²) in [5.41, 5.74) is 0.552. The first-order chi connectivity index (χ1) is 5.20. The molecular formula is C6H9N3O2. The second-order valence-corrected chi connectivity index (χ2v) is 2.15. The van der Waals surface area contributed by atoms with Crippen LogP contribution in [0.4, 0.5) is 5.69 Å². The minimum absolute atomic E-state index is 0.439. The zero-order valence-corrected chi connectivity index (χ0v) is 6.03. The summed E-state index contributed by atoms with van der Waals surface area (Å²) in [5, 5.41) is 17.4. The van der Waals surface area contributed by atoms with Crippen LogP contribution in [0.15, 0.2) is 12.4 Å². The number of hydrogen-bond acceptors (Lipinski definition) is 3. The molecule has 0 bridgehead atoms. The molecule has 0 unspecified atom stereocenters. The van der Waals surface area contributed by atoms with Crippen LogP contribution in [0, 0.1) is 0 Å². The van der Waals surface area contributed by atoms with Gasteiger partial charge >= 0.3 is 0 Å². The van der Waals surface area contributed by atoms with E-state index >= 15 is 0 Å². The molecule has 1 atom stereocenters. The molecule has 5 nitrogen and oxygen atoms in total. The van der Waals surface area contributed by atoms with Crippen molar-refractivity contribution in [3.8, 4) is 0 Å². The molecule has 3 N–H and O–H groups in total. The Balaban J connectivity index is 2.50. The van der Waals surface area contributed by atoms with Gasteiger partial charge in [-0.15, -0.1) is 0 Å². The molecule has 1 aromatic heterocycles. The molecule has 0 saturated heterocycles. The molecule has 0 fully saturated rings. The minimum atomic E-state index is -0.995. The highest BCUT2D eigenvalue weighted by Gasteiger charge is 2.08. The Labute approximate surface area is 63.4 Å². The number of aromatic nitrogens is 2. The van der Waals surface area contributed by atoms with Crippen molar-refractivity contribution in [2.75, 3.05) is 5.32 Å². The third-order valence-corrected chi connectivity index (χ3v) is 1.15. The van der Waals surface area contributed by atoms with Crippen LogP contribution in [0.3, 0.4) is 0 Å². The van der Waals surface area contributed by atoms with Gasteiger partial charge in [0.05, 0.1) is 11.9 Å². The number of nitrogens with zero attached hydrogens (tertiary/aromatic N) is 1. The van der Waals surface area contributed by atoms with Gasteiger partial charge in [0.25, 0.3) is 5.91 Å². The standard InChI is InChI=1S/C6H9N3O2/c1-4(10)6(11)9-5-2-7-8-3-5/h2-4,10H,1H3,(H,7,8)(H,9,11)/t4-/m0/s1. The largest absolute Gasteiger partial charge is 0.384 e. The molecule has 0 saturated carbocycles. The number of hydrogen-bond donors (Lipinski definition) is 3. The number of H-pyrrole nitrogens is 1. The van der Waals surface area contributed by atoms with Gasteiger partial charge in [-0.3, -0.25) is 9.89 Å². The van der Waals surface area contributed by atoms with E-state index in [2.05, 4.69) is 15.5 Å². The van der Waals surface area contributed by atoms with E-state index in [9.17, 15) is 4.79 Å². The summed E-state index contributed by atoms with van der Waals surface area (Å²) in [4.78, 5) is 10.8. The monoisotopic (exact) mass is 155 g/mol. The average Bonchev–Trinajstić information content (AvgIpc) is 2.39. The first kappa shape index (κ1) is 7.74. The van der Waals surface area contributed by atoms with Gasteiger partial charge in [0, 0.05) is 6.20 Å². The molecular weight excluding hydrogens is 146 g/mol. The van der Waals surface area contributed by atoms with Gasteiger partial charge in [-0.05, 0) is 6.92 Å². The average molecular weight is 155 g/mol. The topological polar surface area (TPSA) is 78.0 Å². The summed E-state index contributed by atoms with van der Waals surface area (Å²) in [5.74, 6) is -0.439. The smallest absolute Gasteiger partial charge is 0.253 e. The maximum atomic E-state index is 10.8. The first-order valence-electron chi connectivity index (χ1n) is 3.18. The van der Waals surface area contributed by atoms with Gasteiger partial charge in [0.1, 0.15) is 6.10 Å². The Morgan fingerprint density at radius 3 is 3.09 bits per heavy atom. The Morgan fingerprint density at radius 1 is 1.91 bits per heavy atom. The van der Waals surface area contributed by atoms with Gasteiger partial charge in [-0.25, -0.2) is 0 Å². The second-order valence-electron chi connectivity index (χ2n) is 2.15. The van der Waals surface area contributed by atoms with Crippen molar-refractivity contribution >= 4 is 11.6 Å². The van der Waals surface area contributed by atoms with E-state index in [4.69, 9.17) is 5.11 Å². The van der Waals surface area contributed by atoms with Crippen molar-refractivity contribution in [1.29, 1.82) is 0 Å². The SMILES string of the molecule is C[C@H](O)C(=O)Nc1cn[nH]c1. The predicted molar refractivity (Wildman–Crippen MR) is 38.9 cm³/mol. The van der Waals surface area contributed by atoms with Gasteiger partial charge in [0.15, 0.2) is 0 Å². The van der Waals surface area contributed by atoms with Crippen molar-refractivity contribution in [2.45, 2.75) is 13.0 Å². The predicted octanol–water partition coefficient (Wildman–Crippen LogP) is -0.271. The van der Waals surface area contributed by atoms with E-state index < -0.39 is 12.0 Å². The lowest BCUT2D eigenvalue weighted by Gasteiger charge is -2.02. The van der Waals surface area contributed by atoms with Gasteiger partial charge in [-0.2, -0.15) is 5.10 Å². The molecule has 11 heavy (non-hydrogen) atoms. The number of rotatable bonds is 2. The number of aliphatic hydroxyl groups excluding tert-OH is 1. The molecule has 0 aliphatic heterocycles. The van der Waals surface area contributed by atoms with Crippen molar-refractivity contribution < 1.29 is 9.90 Å². The van der Waals surface area contributed by atoms with E-state index in [1.54, 1.807) is 0 Å². The van der Waals surface area contributed by atoms with Crippen LogP contribution in [0.2, 0.25) is 0 Å². The molecule has 1 aromatic rings. The molecule has 1 rings (SSSR count). The molecule has 5 heteroatoms. The number of anilines is 1. The van der Waals surface area contributed by atoms with Crippen LogP contribution >= 0.6 is 0 Å². The number of aromatic amines is 1. The van der Waals surface area contributed by atoms with Crippen molar-refractivity contribution in [1.82, 2.24) is 10.2 Å². The summed E-state index contributed by atoms with van der Waals surface area (Å²) in [7, 11) is 0. The fourth-order valence-electron chi connectivity index (χ4n) is 0.566. The van der Waals surface area contributed by atoms with E-state index in [0.717, 1.165) is 0 Å². The maximum Gasteiger partial charge on any atom is 0.253 e. The second kappa shape index (κ2) is 3.16. The third kappa shape index (κ3) is 2.05. The Morgan fingerprint density at radius 2 is 2.64 bits per heavy atom. The van der Waals surface area contributed by atoms with E-state index in [1.807, 2.05) is 0 Å². The zero-order chi connectivity index (χ0) is 8.27. The minimum Gasteiger partial charge on any atom is -0.384 e. The summed E-state index contributed by atoms with van der Waals surface area (Å²) in [6.07, 6.45) is 1.99. The molecule has 1 heterocycles. The van der Waals surface area contributed by atoms with Crippen molar-refractivity contribution in [3.05, 3.63) is 12.4 Å². The van der Waals surface area contributed by atoms with E-state index in [0.29, 0.717) is 5.69 Å². The lowest BCUT2D eigenvalue weighted by atomic mass is 10.4. The highest BCUT2D eigenvalue weighted by atomic mass is 16.3. The highest BCUT2D eigenvalue weighted by molar-refractivity contribution is 5.93. The molecule has 0 aliphatic carbocycles. The molecule has 0 spiro atoms. The highest BCUT2D eigenvalue weighted by Crippen LogP contribution is 2.01. The van der Waals surface area contributed by atoms with Crippen molar-refractivity contribution in [2.24, 2.45) is 0 Å². The van der Waals surface area contributed by atoms with Crippen LogP contribution in [0.5, 0.6) is 0 Å². The summed E-state index contributed by atoms with van der Waals surface area (Å²) >= 11 is 0. The molecule has 60 valence electrons. The Bertz CT molecular complexity index is 230. The zero-order valence-electron chi connectivity index (χ0n) is 6.03. The van der Waals surface area contributed by atoms with Crippen LogP contribution in [-0.4, -0.2) is 27.3 Å². The fraction of sp³-hybridized carbons (Fsp3) is 0.333. The molecule has 0 aromatic carbocycles. The van der Waals surface area contributed by atoms with E-state index in [1.165, 1.54) is 19.3 Å². The number of aliphatic hydroxyl groups is 1. The van der Waals surface area contributed by atoms with Gasteiger partial charge < -0.3 is 10.4 Å². The van der Waals surface area contributed by atoms with Crippen LogP contribution in [-0.2, 0) is 4.79 Å². The number of carbonyl (C=O) groups excluding carboxylic acids is 1. The molecule has 0 radical (unpaired) electrons. The Kier molecular flexibility index (Phi) is 2.22. The number of amides is 1. The summed E-state index contributed by atoms with van der Waals surface area (Å²) < 4.78 is 0. The first-order valence-corrected chi connectivity index (χ1v) is 3.18. The number of carbonyl (C=O) groups is 1. The Hall–Kier alpha value is -1.36. The van der Waals surface area contributed by atoms with Crippen LogP contribution < -0.4 is 5.32 Å². The van der Waals surface area contributed by atoms with Gasteiger partial charge in [-0.1, -0.05) is 0 Å². The third-order valence-electron chi connectivity index (χ3n) is 1.15. The molecule has 1 amide bonds. The lowest BCUT2D eigenvalue weighted by Crippen LogP contribution is -2.24. The summed E-state index contributed by atoms with van der Waals surface area (Å²) in [6, 6.07) is 0. The normalized spacial score (nSPS) is 12.5. The van der Waals surface area contributed by atoms with Crippen LogP contribution in [0.25, 0.3) is 0 Å². The molecule has 0 aliphatic rings. The van der Waals surface area contributed by atoms with Gasteiger partial charge in [0.2, 0.25) is 0 Å². The van der Waals surface area contributed by atoms with Crippen LogP contribution in [0.1, 0.15) is 6.92 Å². The fourth-order valence-corrected chi connectivity index (χ4v) is 0.566. The van der Waals surface area contributed by atoms with Crippen molar-refractivity contribution in [3.63, 3.8) is 0 Å². The van der Waals surface area contributed by atoms with E-state index in [-0.39, 0.29) is 0 Å². The summed E-state index contributed by atoms with van der Waals surface area (Å²) in [6.45, 7) is 1.40.